The summed E-state index contributed by atoms with van der Waals surface area (Å²) < 4.78 is 11.0. The molecule has 8 heteroatoms. The predicted octanol–water partition coefficient (Wildman–Crippen LogP) is 4.23. The van der Waals surface area contributed by atoms with Gasteiger partial charge >= 0.3 is 0 Å². The van der Waals surface area contributed by atoms with E-state index in [1.54, 1.807) is 17.0 Å². The minimum absolute atomic E-state index is 0.0600. The summed E-state index contributed by atoms with van der Waals surface area (Å²) in [5.41, 5.74) is 1.15. The normalized spacial score (nSPS) is 14.5. The highest BCUT2D eigenvalue weighted by Crippen LogP contribution is 2.37. The Hall–Kier alpha value is -2.25. The molecule has 1 aliphatic rings. The topological polar surface area (TPSA) is 67.9 Å². The second-order valence-electron chi connectivity index (χ2n) is 6.89. The zero-order chi connectivity index (χ0) is 20.8. The van der Waals surface area contributed by atoms with E-state index in [0.29, 0.717) is 60.2 Å². The van der Waals surface area contributed by atoms with Gasteiger partial charge in [0, 0.05) is 35.6 Å². The minimum Gasteiger partial charge on any atom is -0.493 e. The zero-order valence-corrected chi connectivity index (χ0v) is 18.1. The highest BCUT2D eigenvalue weighted by Gasteiger charge is 2.26. The maximum Gasteiger partial charge on any atom is 0.254 e. The second kappa shape index (κ2) is 9.98. The molecule has 1 N–H and O–H groups in total. The van der Waals surface area contributed by atoms with E-state index in [-0.39, 0.29) is 17.9 Å². The van der Waals surface area contributed by atoms with Crippen molar-refractivity contribution in [3.05, 3.63) is 45.1 Å². The van der Waals surface area contributed by atoms with Gasteiger partial charge in [0.2, 0.25) is 0 Å². The van der Waals surface area contributed by atoms with Crippen LogP contribution >= 0.6 is 22.9 Å². The molecule has 2 amide bonds. The van der Waals surface area contributed by atoms with Gasteiger partial charge < -0.3 is 19.7 Å². The van der Waals surface area contributed by atoms with Gasteiger partial charge in [0.25, 0.3) is 11.8 Å². The Morgan fingerprint density at radius 2 is 2.03 bits per heavy atom. The molecule has 2 heterocycles. The van der Waals surface area contributed by atoms with Gasteiger partial charge in [0.1, 0.15) is 0 Å². The van der Waals surface area contributed by atoms with Crippen molar-refractivity contribution in [1.29, 1.82) is 0 Å². The Kier molecular flexibility index (Phi) is 7.39. The van der Waals surface area contributed by atoms with Crippen LogP contribution in [0.25, 0.3) is 0 Å². The van der Waals surface area contributed by atoms with Crippen molar-refractivity contribution in [2.24, 2.45) is 0 Å². The minimum atomic E-state index is -0.102. The molecule has 0 bridgehead atoms. The summed E-state index contributed by atoms with van der Waals surface area (Å²) in [4.78, 5) is 26.9. The van der Waals surface area contributed by atoms with E-state index in [9.17, 15) is 9.59 Å². The number of methoxy groups -OCH3 is 1. The number of rotatable bonds is 7. The van der Waals surface area contributed by atoms with E-state index < -0.39 is 0 Å². The summed E-state index contributed by atoms with van der Waals surface area (Å²) in [6.45, 7) is 3.67. The number of likely N-dealkylation sites (tertiary alicyclic amines) is 1. The van der Waals surface area contributed by atoms with Crippen molar-refractivity contribution in [3.8, 4) is 11.5 Å². The fraction of sp³-hybridized carbons (Fsp3) is 0.429. The molecule has 0 radical (unpaired) electrons. The number of nitrogens with one attached hydrogen (secondary N) is 1. The Bertz CT molecular complexity index is 849. The van der Waals surface area contributed by atoms with Crippen LogP contribution in [0.5, 0.6) is 11.5 Å². The van der Waals surface area contributed by atoms with Gasteiger partial charge in [-0.3, -0.25) is 9.59 Å². The molecule has 1 saturated heterocycles. The van der Waals surface area contributed by atoms with Crippen molar-refractivity contribution in [2.75, 3.05) is 26.8 Å². The molecule has 0 unspecified atom stereocenters. The van der Waals surface area contributed by atoms with Crippen molar-refractivity contribution < 1.29 is 19.1 Å². The predicted molar refractivity (Wildman–Crippen MR) is 115 cm³/mol. The van der Waals surface area contributed by atoms with E-state index in [1.165, 1.54) is 18.4 Å². The standard InChI is InChI=1S/C21H25ClN2O4S/c1-3-9-28-19-17(22)11-15(12-18(19)27-2)21(26)24-7-4-16(5-8-24)23-20(25)14-6-10-29-13-14/h6,10-13,16H,3-5,7-9H2,1-2H3,(H,23,25). The van der Waals surface area contributed by atoms with Gasteiger partial charge in [-0.15, -0.1) is 0 Å². The molecule has 2 aromatic rings. The fourth-order valence-corrected chi connectivity index (χ4v) is 4.16. The van der Waals surface area contributed by atoms with E-state index in [2.05, 4.69) is 5.32 Å². The lowest BCUT2D eigenvalue weighted by Gasteiger charge is -2.32. The Balaban J connectivity index is 1.61. The van der Waals surface area contributed by atoms with E-state index in [4.69, 9.17) is 21.1 Å². The Morgan fingerprint density at radius 3 is 2.66 bits per heavy atom. The first-order valence-corrected chi connectivity index (χ1v) is 11.0. The van der Waals surface area contributed by atoms with Crippen LogP contribution in [0.15, 0.2) is 29.0 Å². The summed E-state index contributed by atoms with van der Waals surface area (Å²) in [7, 11) is 1.53. The summed E-state index contributed by atoms with van der Waals surface area (Å²) in [6.07, 6.45) is 2.27. The van der Waals surface area contributed by atoms with E-state index in [1.807, 2.05) is 23.8 Å². The molecule has 1 aliphatic heterocycles. The maximum atomic E-state index is 12.9. The quantitative estimate of drug-likeness (QED) is 0.705. The number of benzene rings is 1. The summed E-state index contributed by atoms with van der Waals surface area (Å²) in [6, 6.07) is 5.17. The van der Waals surface area contributed by atoms with Crippen LogP contribution in [0.2, 0.25) is 5.02 Å². The largest absolute Gasteiger partial charge is 0.493 e. The van der Waals surface area contributed by atoms with Crippen LogP contribution in [-0.4, -0.2) is 49.6 Å². The first kappa shape index (κ1) is 21.5. The summed E-state index contributed by atoms with van der Waals surface area (Å²) in [5, 5.41) is 7.12. The summed E-state index contributed by atoms with van der Waals surface area (Å²) >= 11 is 7.84. The van der Waals surface area contributed by atoms with Gasteiger partial charge in [-0.25, -0.2) is 0 Å². The van der Waals surface area contributed by atoms with E-state index >= 15 is 0 Å². The molecule has 0 atom stereocenters. The lowest BCUT2D eigenvalue weighted by Crippen LogP contribution is -2.46. The third-order valence-corrected chi connectivity index (χ3v) is 5.79. The van der Waals surface area contributed by atoms with Crippen LogP contribution in [-0.2, 0) is 0 Å². The van der Waals surface area contributed by atoms with Gasteiger partial charge in [0.15, 0.2) is 11.5 Å². The van der Waals surface area contributed by atoms with Crippen molar-refractivity contribution in [1.82, 2.24) is 10.2 Å². The lowest BCUT2D eigenvalue weighted by atomic mass is 10.0. The third kappa shape index (κ3) is 5.22. The second-order valence-corrected chi connectivity index (χ2v) is 8.08. The number of nitrogens with zero attached hydrogens (tertiary/aromatic N) is 1. The number of hydrogen-bond donors (Lipinski definition) is 1. The smallest absolute Gasteiger partial charge is 0.254 e. The zero-order valence-electron chi connectivity index (χ0n) is 16.6. The molecular weight excluding hydrogens is 412 g/mol. The number of hydrogen-bond acceptors (Lipinski definition) is 5. The lowest BCUT2D eigenvalue weighted by molar-refractivity contribution is 0.0697. The summed E-state index contributed by atoms with van der Waals surface area (Å²) in [5.74, 6) is 0.750. The third-order valence-electron chi connectivity index (χ3n) is 4.83. The fourth-order valence-electron chi connectivity index (χ4n) is 3.26. The van der Waals surface area contributed by atoms with Crippen molar-refractivity contribution >= 4 is 34.8 Å². The number of thiophene rings is 1. The number of ether oxygens (including phenoxy) is 2. The van der Waals surface area contributed by atoms with Crippen LogP contribution < -0.4 is 14.8 Å². The molecule has 3 rings (SSSR count). The highest BCUT2D eigenvalue weighted by molar-refractivity contribution is 7.08. The van der Waals surface area contributed by atoms with Crippen LogP contribution in [0.4, 0.5) is 0 Å². The van der Waals surface area contributed by atoms with Gasteiger partial charge in [-0.1, -0.05) is 18.5 Å². The molecular formula is C21H25ClN2O4S. The molecule has 6 nitrogen and oxygen atoms in total. The molecule has 0 aliphatic carbocycles. The van der Waals surface area contributed by atoms with Gasteiger partial charge in [-0.2, -0.15) is 11.3 Å². The first-order chi connectivity index (χ1) is 14.0. The maximum absolute atomic E-state index is 12.9. The van der Waals surface area contributed by atoms with Crippen LogP contribution in [0.1, 0.15) is 46.9 Å². The molecule has 0 saturated carbocycles. The molecule has 1 aromatic heterocycles. The first-order valence-electron chi connectivity index (χ1n) is 9.66. The molecule has 1 aromatic carbocycles. The van der Waals surface area contributed by atoms with Crippen LogP contribution in [0.3, 0.4) is 0 Å². The van der Waals surface area contributed by atoms with Crippen LogP contribution in [0, 0.1) is 0 Å². The van der Waals surface area contributed by atoms with Crippen molar-refractivity contribution in [3.63, 3.8) is 0 Å². The number of amides is 2. The number of carbonyl (C=O) groups is 2. The molecule has 156 valence electrons. The Labute approximate surface area is 179 Å². The van der Waals surface area contributed by atoms with Gasteiger partial charge in [-0.05, 0) is 42.8 Å². The average Bonchev–Trinajstić information content (AvgIpc) is 3.27. The Morgan fingerprint density at radius 1 is 1.28 bits per heavy atom. The number of piperidine rings is 1. The average molecular weight is 437 g/mol. The SMILES string of the molecule is CCCOc1c(Cl)cc(C(=O)N2CCC(NC(=O)c3ccsc3)CC2)cc1OC. The number of halogens is 1. The highest BCUT2D eigenvalue weighted by atomic mass is 35.5. The molecule has 1 fully saturated rings. The van der Waals surface area contributed by atoms with Crippen molar-refractivity contribution in [2.45, 2.75) is 32.2 Å². The monoisotopic (exact) mass is 436 g/mol. The number of carbonyl (C=O) groups excluding carboxylic acids is 2. The van der Waals surface area contributed by atoms with Gasteiger partial charge in [0.05, 0.1) is 18.7 Å². The molecule has 0 spiro atoms. The molecule has 29 heavy (non-hydrogen) atoms. The van der Waals surface area contributed by atoms with E-state index in [0.717, 1.165) is 6.42 Å².